The summed E-state index contributed by atoms with van der Waals surface area (Å²) in [5.74, 6) is -1.25. The average molecular weight is 564 g/mol. The fourth-order valence-corrected chi connectivity index (χ4v) is 5.13. The number of hydrogen-bond acceptors (Lipinski definition) is 6. The van der Waals surface area contributed by atoms with Crippen LogP contribution in [-0.2, 0) is 14.3 Å². The molecule has 0 radical (unpaired) electrons. The molecule has 0 bridgehead atoms. The molecule has 196 valence electrons. The Hall–Kier alpha value is -2.95. The number of nitrogens with zero attached hydrogens (tertiary/aromatic N) is 1. The Morgan fingerprint density at radius 2 is 1.89 bits per heavy atom. The fourth-order valence-electron chi connectivity index (χ4n) is 4.70. The lowest BCUT2D eigenvalue weighted by molar-refractivity contribution is -0.139. The number of hydrogen-bond donors (Lipinski definition) is 4. The van der Waals surface area contributed by atoms with E-state index in [1.165, 1.54) is 7.05 Å². The molecule has 4 N–H and O–H groups in total. The van der Waals surface area contributed by atoms with Crippen LogP contribution in [0.2, 0.25) is 0 Å². The lowest BCUT2D eigenvalue weighted by Crippen LogP contribution is -2.52. The van der Waals surface area contributed by atoms with Crippen LogP contribution in [0.5, 0.6) is 0 Å². The van der Waals surface area contributed by atoms with Crippen molar-refractivity contribution in [3.63, 3.8) is 0 Å². The van der Waals surface area contributed by atoms with Crippen molar-refractivity contribution in [3.05, 3.63) is 33.8 Å². The van der Waals surface area contributed by atoms with Crippen LogP contribution in [0.15, 0.2) is 27.8 Å². The third kappa shape index (κ3) is 6.63. The first-order chi connectivity index (χ1) is 16.8. The molecule has 11 heteroatoms. The maximum atomic E-state index is 12.8. The summed E-state index contributed by atoms with van der Waals surface area (Å²) in [5, 5.41) is 12.4. The smallest absolute Gasteiger partial charge is 0.428 e. The molecule has 3 rings (SSSR count). The molecular weight excluding hydrogens is 530 g/mol. The quantitative estimate of drug-likeness (QED) is 0.408. The first-order valence-corrected chi connectivity index (χ1v) is 12.8. The molecule has 1 saturated carbocycles. The summed E-state index contributed by atoms with van der Waals surface area (Å²) in [6, 6.07) is 5.11. The topological polar surface area (TPSA) is 138 Å². The van der Waals surface area contributed by atoms with Crippen LogP contribution in [0.1, 0.15) is 75.7 Å². The second kappa shape index (κ2) is 11.0. The molecule has 2 aliphatic rings. The molecule has 10 nitrogen and oxygen atoms in total. The van der Waals surface area contributed by atoms with Crippen molar-refractivity contribution in [1.82, 2.24) is 21.4 Å². The second-order valence-corrected chi connectivity index (χ2v) is 11.3. The molecule has 4 amide bonds. The molecule has 1 aromatic rings. The van der Waals surface area contributed by atoms with Crippen LogP contribution in [0.4, 0.5) is 4.79 Å². The van der Waals surface area contributed by atoms with E-state index in [-0.39, 0.29) is 23.4 Å². The highest BCUT2D eigenvalue weighted by Gasteiger charge is 2.47. The Morgan fingerprint density at radius 3 is 2.50 bits per heavy atom. The van der Waals surface area contributed by atoms with Gasteiger partial charge in [0.05, 0.1) is 0 Å². The van der Waals surface area contributed by atoms with Gasteiger partial charge in [-0.15, -0.1) is 0 Å². The lowest BCUT2D eigenvalue weighted by Gasteiger charge is -2.42. The number of nitrogens with one attached hydrogen (secondary N) is 4. The lowest BCUT2D eigenvalue weighted by atomic mass is 9.72. The SMILES string of the molecule is CNC(=O)C(=O)N[C@@H](C)CC1CCC2(CC1)OC(=O)NN=C2c1cc(C(=O)NC(C)(C)C)ccc1Br. The minimum absolute atomic E-state index is 0.176. The zero-order chi connectivity index (χ0) is 26.7. The van der Waals surface area contributed by atoms with E-state index in [1.54, 1.807) is 18.2 Å². The van der Waals surface area contributed by atoms with Gasteiger partial charge in [0.15, 0.2) is 5.60 Å². The van der Waals surface area contributed by atoms with Gasteiger partial charge in [-0.1, -0.05) is 15.9 Å². The minimum Gasteiger partial charge on any atom is -0.435 e. The van der Waals surface area contributed by atoms with Gasteiger partial charge >= 0.3 is 17.9 Å². The number of halogens is 1. The van der Waals surface area contributed by atoms with Crippen molar-refractivity contribution >= 4 is 45.5 Å². The summed E-state index contributed by atoms with van der Waals surface area (Å²) in [7, 11) is 1.41. The number of likely N-dealkylation sites (N-methyl/N-ethyl adjacent to an activating group) is 1. The number of amides is 4. The largest absolute Gasteiger partial charge is 0.435 e. The molecule has 36 heavy (non-hydrogen) atoms. The predicted molar refractivity (Wildman–Crippen MR) is 138 cm³/mol. The van der Waals surface area contributed by atoms with Crippen molar-refractivity contribution in [1.29, 1.82) is 0 Å². The highest BCUT2D eigenvalue weighted by molar-refractivity contribution is 9.10. The van der Waals surface area contributed by atoms with Gasteiger partial charge in [-0.2, -0.15) is 5.10 Å². The summed E-state index contributed by atoms with van der Waals surface area (Å²) in [4.78, 5) is 48.3. The van der Waals surface area contributed by atoms with Crippen LogP contribution in [0.25, 0.3) is 0 Å². The second-order valence-electron chi connectivity index (χ2n) is 10.5. The zero-order valence-corrected chi connectivity index (χ0v) is 22.9. The van der Waals surface area contributed by atoms with Crippen molar-refractivity contribution in [3.8, 4) is 0 Å². The van der Waals surface area contributed by atoms with Gasteiger partial charge in [-0.05, 0) is 83.9 Å². The van der Waals surface area contributed by atoms with Crippen LogP contribution in [-0.4, -0.2) is 53.8 Å². The highest BCUT2D eigenvalue weighted by atomic mass is 79.9. The van der Waals surface area contributed by atoms with Crippen LogP contribution in [0.3, 0.4) is 0 Å². The maximum absolute atomic E-state index is 12.8. The molecule has 0 aromatic heterocycles. The third-order valence-corrected chi connectivity index (χ3v) is 7.05. The molecule has 1 spiro atoms. The van der Waals surface area contributed by atoms with Gasteiger partial charge in [0, 0.05) is 34.2 Å². The first-order valence-electron chi connectivity index (χ1n) is 12.1. The monoisotopic (exact) mass is 563 g/mol. The molecule has 0 saturated heterocycles. The number of hydrazone groups is 1. The number of carbonyl (C=O) groups excluding carboxylic acids is 4. The zero-order valence-electron chi connectivity index (χ0n) is 21.3. The Balaban J connectivity index is 1.77. The summed E-state index contributed by atoms with van der Waals surface area (Å²) in [6.45, 7) is 7.61. The van der Waals surface area contributed by atoms with Crippen LogP contribution >= 0.6 is 15.9 Å². The summed E-state index contributed by atoms with van der Waals surface area (Å²) in [5.41, 5.74) is 2.84. The van der Waals surface area contributed by atoms with Gasteiger partial charge in [-0.3, -0.25) is 14.4 Å². The van der Waals surface area contributed by atoms with E-state index < -0.39 is 23.5 Å². The van der Waals surface area contributed by atoms with Crippen molar-refractivity contribution in [2.75, 3.05) is 7.05 Å². The van der Waals surface area contributed by atoms with E-state index in [0.717, 1.165) is 17.3 Å². The number of carbonyl (C=O) groups is 4. The molecule has 1 aliphatic carbocycles. The van der Waals surface area contributed by atoms with Gasteiger partial charge in [-0.25, -0.2) is 10.2 Å². The summed E-state index contributed by atoms with van der Waals surface area (Å²) in [6.07, 6.45) is 2.67. The standard InChI is InChI=1S/C25H34BrN5O5/c1-14(28-22(34)21(33)27-5)12-15-8-10-25(11-9-15)19(30-31-23(35)36-25)17-13-16(6-7-18(17)26)20(32)29-24(2,3)4/h6-7,13-15H,8-12H2,1-5H3,(H,27,33)(H,28,34)(H,29,32)(H,31,35)/t14-,15?,25?/m0/s1. The van der Waals surface area contributed by atoms with Crippen molar-refractivity contribution in [2.45, 2.75) is 77.0 Å². The number of rotatable bonds is 5. The number of benzene rings is 1. The highest BCUT2D eigenvalue weighted by Crippen LogP contribution is 2.41. The van der Waals surface area contributed by atoms with E-state index in [4.69, 9.17) is 4.74 Å². The normalized spacial score (nSPS) is 22.6. The van der Waals surface area contributed by atoms with E-state index >= 15 is 0 Å². The van der Waals surface area contributed by atoms with Gasteiger partial charge in [0.1, 0.15) is 5.71 Å². The predicted octanol–water partition coefficient (Wildman–Crippen LogP) is 2.99. The molecule has 1 atom stereocenters. The van der Waals surface area contributed by atoms with E-state index in [9.17, 15) is 19.2 Å². The average Bonchev–Trinajstić information content (AvgIpc) is 2.79. The van der Waals surface area contributed by atoms with Gasteiger partial charge < -0.3 is 20.7 Å². The third-order valence-electron chi connectivity index (χ3n) is 6.36. The van der Waals surface area contributed by atoms with Crippen molar-refractivity contribution < 1.29 is 23.9 Å². The summed E-state index contributed by atoms with van der Waals surface area (Å²) >= 11 is 3.57. The van der Waals surface area contributed by atoms with E-state index in [2.05, 4.69) is 42.4 Å². The fraction of sp³-hybridized carbons (Fsp3) is 0.560. The molecule has 1 heterocycles. The molecule has 1 aromatic carbocycles. The maximum Gasteiger partial charge on any atom is 0.428 e. The Morgan fingerprint density at radius 1 is 1.22 bits per heavy atom. The molecule has 0 unspecified atom stereocenters. The van der Waals surface area contributed by atoms with E-state index in [1.807, 2.05) is 27.7 Å². The van der Waals surface area contributed by atoms with Gasteiger partial charge in [0.2, 0.25) is 0 Å². The first kappa shape index (κ1) is 27.6. The Bertz CT molecular complexity index is 1070. The molecule has 1 fully saturated rings. The molecular formula is C25H34BrN5O5. The Labute approximate surface area is 219 Å². The number of ether oxygens (including phenoxy) is 1. The van der Waals surface area contributed by atoms with E-state index in [0.29, 0.717) is 36.1 Å². The summed E-state index contributed by atoms with van der Waals surface area (Å²) < 4.78 is 6.59. The van der Waals surface area contributed by atoms with Crippen LogP contribution < -0.4 is 21.4 Å². The minimum atomic E-state index is -0.922. The van der Waals surface area contributed by atoms with Gasteiger partial charge in [0.25, 0.3) is 5.91 Å². The Kier molecular flexibility index (Phi) is 8.43. The molecule has 1 aliphatic heterocycles. The van der Waals surface area contributed by atoms with Crippen molar-refractivity contribution in [2.24, 2.45) is 11.0 Å². The van der Waals surface area contributed by atoms with Crippen LogP contribution in [0, 0.1) is 5.92 Å².